The molecular weight excluding hydrogens is 270 g/mol. The summed E-state index contributed by atoms with van der Waals surface area (Å²) in [5, 5.41) is 3.76. The fraction of sp³-hybridized carbons (Fsp3) is 0.467. The number of nitrogens with zero attached hydrogens (tertiary/aromatic N) is 2. The monoisotopic (exact) mass is 291 g/mol. The van der Waals surface area contributed by atoms with Crippen molar-refractivity contribution in [2.24, 2.45) is 4.99 Å². The summed E-state index contributed by atoms with van der Waals surface area (Å²) in [5.74, 6) is 0.994. The van der Waals surface area contributed by atoms with E-state index >= 15 is 0 Å². The van der Waals surface area contributed by atoms with Crippen molar-refractivity contribution in [3.8, 4) is 0 Å². The summed E-state index contributed by atoms with van der Waals surface area (Å²) in [6.45, 7) is 5.14. The van der Waals surface area contributed by atoms with E-state index in [0.29, 0.717) is 0 Å². The smallest absolute Gasteiger partial charge is 0.347 e. The van der Waals surface area contributed by atoms with Crippen molar-refractivity contribution in [2.45, 2.75) is 26.7 Å². The average molecular weight is 291 g/mol. The van der Waals surface area contributed by atoms with Crippen LogP contribution in [0.25, 0.3) is 0 Å². The zero-order chi connectivity index (χ0) is 14.5. The molecule has 1 saturated heterocycles. The Morgan fingerprint density at radius 2 is 2.00 bits per heavy atom. The minimum atomic E-state index is -0.281. The Hall–Kier alpha value is -1.49. The minimum absolute atomic E-state index is 0.281. The van der Waals surface area contributed by atoms with Crippen molar-refractivity contribution < 1.29 is 4.79 Å². The molecule has 0 atom stereocenters. The maximum atomic E-state index is 12.1. The van der Waals surface area contributed by atoms with Gasteiger partial charge in [0.05, 0.1) is 0 Å². The molecule has 20 heavy (non-hydrogen) atoms. The van der Waals surface area contributed by atoms with Gasteiger partial charge >= 0.3 is 6.03 Å². The summed E-state index contributed by atoms with van der Waals surface area (Å²) in [6.07, 6.45) is 1.79. The number of nitrogens with one attached hydrogen (secondary N) is 1. The summed E-state index contributed by atoms with van der Waals surface area (Å²) in [4.78, 5) is 18.3. The molecule has 0 bridgehead atoms. The van der Waals surface area contributed by atoms with Crippen molar-refractivity contribution in [1.29, 1.82) is 0 Å². The standard InChI is InChI=1S/C15H21N3OS/c1-4-11-7-6-8-12(5-2)13(11)16-14(19)17-15-18(3)9-10-20-15/h6-8H,4-5,9-10H2,1-3H3,(H,16,19)/b17-15+. The third kappa shape index (κ3) is 3.33. The van der Waals surface area contributed by atoms with E-state index in [1.54, 1.807) is 11.8 Å². The van der Waals surface area contributed by atoms with E-state index in [1.807, 2.05) is 18.0 Å². The van der Waals surface area contributed by atoms with Crippen LogP contribution in [0.4, 0.5) is 10.5 Å². The lowest BCUT2D eigenvalue weighted by atomic mass is 10.0. The number of aliphatic imine (C=N–C) groups is 1. The molecule has 2 rings (SSSR count). The molecule has 1 aromatic carbocycles. The molecule has 1 aliphatic heterocycles. The number of urea groups is 1. The molecule has 0 radical (unpaired) electrons. The number of carbonyl (C=O) groups is 1. The number of para-hydroxylation sites is 1. The highest BCUT2D eigenvalue weighted by Gasteiger charge is 2.17. The van der Waals surface area contributed by atoms with E-state index in [0.717, 1.165) is 47.1 Å². The third-order valence-corrected chi connectivity index (χ3v) is 4.46. The first-order valence-electron chi connectivity index (χ1n) is 7.00. The van der Waals surface area contributed by atoms with Crippen LogP contribution in [-0.4, -0.2) is 35.4 Å². The van der Waals surface area contributed by atoms with Gasteiger partial charge in [0.1, 0.15) is 0 Å². The SMILES string of the molecule is CCc1cccc(CC)c1NC(=O)/N=C1/SCCN1C. The second kappa shape index (κ2) is 6.79. The summed E-state index contributed by atoms with van der Waals surface area (Å²) in [5.41, 5.74) is 3.24. The third-order valence-electron chi connectivity index (χ3n) is 3.41. The Labute approximate surface area is 124 Å². The van der Waals surface area contributed by atoms with Gasteiger partial charge in [0.25, 0.3) is 0 Å². The molecule has 4 nitrogen and oxygen atoms in total. The minimum Gasteiger partial charge on any atom is -0.353 e. The topological polar surface area (TPSA) is 44.7 Å². The number of hydrogen-bond acceptors (Lipinski definition) is 2. The molecule has 0 unspecified atom stereocenters. The van der Waals surface area contributed by atoms with Crippen LogP contribution in [0, 0.1) is 0 Å². The Balaban J connectivity index is 2.19. The van der Waals surface area contributed by atoms with Gasteiger partial charge in [0.2, 0.25) is 0 Å². The molecular formula is C15H21N3OS. The predicted octanol–water partition coefficient (Wildman–Crippen LogP) is 3.38. The summed E-state index contributed by atoms with van der Waals surface area (Å²) >= 11 is 1.62. The molecule has 1 aliphatic rings. The molecule has 0 saturated carbocycles. The van der Waals surface area contributed by atoms with Gasteiger partial charge < -0.3 is 10.2 Å². The van der Waals surface area contributed by atoms with Crippen LogP contribution < -0.4 is 5.32 Å². The molecule has 5 heteroatoms. The van der Waals surface area contributed by atoms with Gasteiger partial charge in [0.15, 0.2) is 5.17 Å². The number of anilines is 1. The van der Waals surface area contributed by atoms with Crippen molar-refractivity contribution in [2.75, 3.05) is 24.7 Å². The Morgan fingerprint density at radius 1 is 1.35 bits per heavy atom. The maximum absolute atomic E-state index is 12.1. The fourth-order valence-electron chi connectivity index (χ4n) is 2.22. The van der Waals surface area contributed by atoms with Gasteiger partial charge in [-0.2, -0.15) is 4.99 Å². The summed E-state index contributed by atoms with van der Waals surface area (Å²) in [6, 6.07) is 5.87. The van der Waals surface area contributed by atoms with E-state index in [4.69, 9.17) is 0 Å². The highest BCUT2D eigenvalue weighted by Crippen LogP contribution is 2.23. The maximum Gasteiger partial charge on any atom is 0.347 e. The molecule has 108 valence electrons. The molecule has 0 spiro atoms. The second-order valence-electron chi connectivity index (χ2n) is 4.75. The number of hydrogen-bond donors (Lipinski definition) is 1. The molecule has 2 amide bonds. The Bertz CT molecular complexity index is 506. The fourth-order valence-corrected chi connectivity index (χ4v) is 3.23. The quantitative estimate of drug-likeness (QED) is 0.928. The number of thioether (sulfide) groups is 1. The highest BCUT2D eigenvalue weighted by molar-refractivity contribution is 8.14. The van der Waals surface area contributed by atoms with Crippen molar-refractivity contribution in [1.82, 2.24) is 4.90 Å². The molecule has 0 aromatic heterocycles. The van der Waals surface area contributed by atoms with Crippen LogP contribution in [0.2, 0.25) is 0 Å². The van der Waals surface area contributed by atoms with Gasteiger partial charge in [-0.15, -0.1) is 0 Å². The van der Waals surface area contributed by atoms with Gasteiger partial charge in [-0.1, -0.05) is 43.8 Å². The number of amidine groups is 1. The van der Waals surface area contributed by atoms with E-state index in [2.05, 4.69) is 36.3 Å². The van der Waals surface area contributed by atoms with E-state index < -0.39 is 0 Å². The number of rotatable bonds is 3. The summed E-state index contributed by atoms with van der Waals surface area (Å²) < 4.78 is 0. The van der Waals surface area contributed by atoms with Crippen LogP contribution in [0.15, 0.2) is 23.2 Å². The van der Waals surface area contributed by atoms with Gasteiger partial charge in [-0.25, -0.2) is 4.79 Å². The number of aryl methyl sites for hydroxylation is 2. The van der Waals surface area contributed by atoms with E-state index in [9.17, 15) is 4.79 Å². The summed E-state index contributed by atoms with van der Waals surface area (Å²) in [7, 11) is 1.96. The predicted molar refractivity (Wildman–Crippen MR) is 86.7 cm³/mol. The number of amides is 2. The molecule has 1 heterocycles. The average Bonchev–Trinajstić information content (AvgIpc) is 2.84. The highest BCUT2D eigenvalue weighted by atomic mass is 32.2. The van der Waals surface area contributed by atoms with Crippen molar-refractivity contribution >= 4 is 28.6 Å². The van der Waals surface area contributed by atoms with E-state index in [-0.39, 0.29) is 6.03 Å². The van der Waals surface area contributed by atoms with Crippen LogP contribution in [0.1, 0.15) is 25.0 Å². The lowest BCUT2D eigenvalue weighted by Crippen LogP contribution is -2.21. The van der Waals surface area contributed by atoms with Crippen LogP contribution in [0.5, 0.6) is 0 Å². The number of benzene rings is 1. The van der Waals surface area contributed by atoms with Crippen molar-refractivity contribution in [3.63, 3.8) is 0 Å². The first-order chi connectivity index (χ1) is 9.65. The normalized spacial score (nSPS) is 16.8. The first-order valence-corrected chi connectivity index (χ1v) is 7.98. The van der Waals surface area contributed by atoms with Gasteiger partial charge in [0, 0.05) is 25.0 Å². The van der Waals surface area contributed by atoms with Crippen LogP contribution in [-0.2, 0) is 12.8 Å². The largest absolute Gasteiger partial charge is 0.353 e. The lowest BCUT2D eigenvalue weighted by Gasteiger charge is -2.14. The first kappa shape index (κ1) is 14.9. The van der Waals surface area contributed by atoms with Crippen molar-refractivity contribution in [3.05, 3.63) is 29.3 Å². The Morgan fingerprint density at radius 3 is 2.50 bits per heavy atom. The Kier molecular flexibility index (Phi) is 5.06. The van der Waals surface area contributed by atoms with Crippen LogP contribution in [0.3, 0.4) is 0 Å². The molecule has 1 fully saturated rings. The number of carbonyl (C=O) groups excluding carboxylic acids is 1. The van der Waals surface area contributed by atoms with Gasteiger partial charge in [-0.05, 0) is 24.0 Å². The van der Waals surface area contributed by atoms with Gasteiger partial charge in [-0.3, -0.25) is 0 Å². The second-order valence-corrected chi connectivity index (χ2v) is 5.81. The molecule has 1 aromatic rings. The lowest BCUT2D eigenvalue weighted by molar-refractivity contribution is 0.259. The van der Waals surface area contributed by atoms with Crippen LogP contribution >= 0.6 is 11.8 Å². The zero-order valence-corrected chi connectivity index (χ0v) is 13.1. The van der Waals surface area contributed by atoms with E-state index in [1.165, 1.54) is 0 Å². The zero-order valence-electron chi connectivity index (χ0n) is 12.3. The molecule has 1 N–H and O–H groups in total. The molecule has 0 aliphatic carbocycles.